The van der Waals surface area contributed by atoms with Crippen LogP contribution in [0.2, 0.25) is 0 Å². The SMILES string of the molecule is CC(C)(C)OC(=O)N1CC2CCC(NC(=O)OCc3ccccc3)[C@]2(F)C1. The van der Waals surface area contributed by atoms with Crippen LogP contribution in [-0.2, 0) is 16.1 Å². The first kappa shape index (κ1) is 19.5. The summed E-state index contributed by atoms with van der Waals surface area (Å²) in [4.78, 5) is 25.8. The Hall–Kier alpha value is -2.31. The van der Waals surface area contributed by atoms with Gasteiger partial charge in [-0.25, -0.2) is 14.0 Å². The van der Waals surface area contributed by atoms with E-state index < -0.39 is 29.5 Å². The number of benzene rings is 1. The summed E-state index contributed by atoms with van der Waals surface area (Å²) in [5.41, 5.74) is -1.41. The molecule has 0 radical (unpaired) electrons. The Labute approximate surface area is 159 Å². The molecule has 2 amide bonds. The van der Waals surface area contributed by atoms with E-state index in [-0.39, 0.29) is 19.1 Å². The van der Waals surface area contributed by atoms with Gasteiger partial charge in [-0.1, -0.05) is 30.3 Å². The van der Waals surface area contributed by atoms with Crippen molar-refractivity contribution < 1.29 is 23.5 Å². The maximum Gasteiger partial charge on any atom is 0.410 e. The quantitative estimate of drug-likeness (QED) is 0.872. The van der Waals surface area contributed by atoms with E-state index >= 15 is 4.39 Å². The molecule has 7 heteroatoms. The normalized spacial score (nSPS) is 27.2. The Morgan fingerprint density at radius 1 is 1.26 bits per heavy atom. The van der Waals surface area contributed by atoms with E-state index in [1.807, 2.05) is 30.3 Å². The van der Waals surface area contributed by atoms with Gasteiger partial charge in [0.05, 0.1) is 12.6 Å². The molecular weight excluding hydrogens is 351 g/mol. The third-order valence-electron chi connectivity index (χ3n) is 5.09. The van der Waals surface area contributed by atoms with Crippen molar-refractivity contribution in [2.24, 2.45) is 5.92 Å². The van der Waals surface area contributed by atoms with E-state index in [0.717, 1.165) is 5.56 Å². The number of fused-ring (bicyclic) bond motifs is 1. The zero-order valence-corrected chi connectivity index (χ0v) is 16.0. The highest BCUT2D eigenvalue weighted by Gasteiger charge is 2.58. The van der Waals surface area contributed by atoms with Gasteiger partial charge >= 0.3 is 12.2 Å². The second kappa shape index (κ2) is 7.37. The molecule has 1 heterocycles. The standard InChI is InChI=1S/C20H27FN2O4/c1-19(2,3)27-18(25)23-11-15-9-10-16(20(15,21)13-23)22-17(24)26-12-14-7-5-4-6-8-14/h4-8,15-16H,9-13H2,1-3H3,(H,22,24)/t15?,16?,20-/m0/s1. The van der Waals surface area contributed by atoms with Crippen LogP contribution in [0.3, 0.4) is 0 Å². The highest BCUT2D eigenvalue weighted by atomic mass is 19.1. The predicted octanol–water partition coefficient (Wildman–Crippen LogP) is 3.65. The molecule has 148 valence electrons. The van der Waals surface area contributed by atoms with Gasteiger partial charge in [0.25, 0.3) is 0 Å². The van der Waals surface area contributed by atoms with E-state index in [1.54, 1.807) is 20.8 Å². The molecule has 1 saturated heterocycles. The maximum absolute atomic E-state index is 15.6. The van der Waals surface area contributed by atoms with Gasteiger partial charge < -0.3 is 19.7 Å². The largest absolute Gasteiger partial charge is 0.445 e. The highest BCUT2D eigenvalue weighted by Crippen LogP contribution is 2.45. The lowest BCUT2D eigenvalue weighted by atomic mass is 9.94. The van der Waals surface area contributed by atoms with Crippen LogP contribution in [0, 0.1) is 5.92 Å². The number of nitrogens with zero attached hydrogens (tertiary/aromatic N) is 1. The average Bonchev–Trinajstić information content (AvgIpc) is 3.07. The summed E-state index contributed by atoms with van der Waals surface area (Å²) >= 11 is 0. The van der Waals surface area contributed by atoms with Crippen molar-refractivity contribution in [3.63, 3.8) is 0 Å². The molecule has 3 atom stereocenters. The first-order chi connectivity index (χ1) is 12.7. The number of hydrogen-bond acceptors (Lipinski definition) is 4. The number of ether oxygens (including phenoxy) is 2. The predicted molar refractivity (Wildman–Crippen MR) is 97.9 cm³/mol. The van der Waals surface area contributed by atoms with Crippen LogP contribution >= 0.6 is 0 Å². The van der Waals surface area contributed by atoms with Crippen LogP contribution in [0.15, 0.2) is 30.3 Å². The first-order valence-corrected chi connectivity index (χ1v) is 9.31. The summed E-state index contributed by atoms with van der Waals surface area (Å²) in [6.07, 6.45) is -0.0139. The third kappa shape index (κ3) is 4.51. The number of likely N-dealkylation sites (tertiary alicyclic amines) is 1. The van der Waals surface area contributed by atoms with Crippen LogP contribution in [0.5, 0.6) is 0 Å². The molecule has 2 fully saturated rings. The number of alkyl halides is 1. The molecule has 6 nitrogen and oxygen atoms in total. The Morgan fingerprint density at radius 2 is 1.96 bits per heavy atom. The first-order valence-electron chi connectivity index (χ1n) is 9.31. The fourth-order valence-corrected chi connectivity index (χ4v) is 3.80. The fraction of sp³-hybridized carbons (Fsp3) is 0.600. The van der Waals surface area contributed by atoms with Gasteiger partial charge in [-0.2, -0.15) is 0 Å². The van der Waals surface area contributed by atoms with Crippen molar-refractivity contribution in [1.82, 2.24) is 10.2 Å². The Kier molecular flexibility index (Phi) is 5.31. The van der Waals surface area contributed by atoms with Crippen LogP contribution in [0.1, 0.15) is 39.2 Å². The molecule has 1 N–H and O–H groups in total. The molecule has 0 aromatic heterocycles. The zero-order valence-electron chi connectivity index (χ0n) is 16.0. The Morgan fingerprint density at radius 3 is 2.63 bits per heavy atom. The summed E-state index contributed by atoms with van der Waals surface area (Å²) in [6.45, 7) is 5.70. The summed E-state index contributed by atoms with van der Waals surface area (Å²) < 4.78 is 26.2. The molecule has 0 bridgehead atoms. The van der Waals surface area contributed by atoms with Crippen molar-refractivity contribution in [2.45, 2.75) is 57.5 Å². The fourth-order valence-electron chi connectivity index (χ4n) is 3.80. The molecule has 27 heavy (non-hydrogen) atoms. The van der Waals surface area contributed by atoms with Gasteiger partial charge in [0.15, 0.2) is 5.67 Å². The molecule has 1 aliphatic carbocycles. The average molecular weight is 378 g/mol. The van der Waals surface area contributed by atoms with Crippen LogP contribution in [0.25, 0.3) is 0 Å². The highest BCUT2D eigenvalue weighted by molar-refractivity contribution is 5.70. The third-order valence-corrected chi connectivity index (χ3v) is 5.09. The Bertz CT molecular complexity index is 691. The minimum Gasteiger partial charge on any atom is -0.445 e. The van der Waals surface area contributed by atoms with Crippen molar-refractivity contribution >= 4 is 12.2 Å². The van der Waals surface area contributed by atoms with Gasteiger partial charge in [-0.05, 0) is 39.2 Å². The van der Waals surface area contributed by atoms with Gasteiger partial charge in [-0.3, -0.25) is 0 Å². The Balaban J connectivity index is 1.55. The molecule has 3 rings (SSSR count). The zero-order chi connectivity index (χ0) is 19.7. The number of halogens is 1. The van der Waals surface area contributed by atoms with Crippen LogP contribution in [-0.4, -0.2) is 47.5 Å². The lowest BCUT2D eigenvalue weighted by molar-refractivity contribution is 0.0240. The van der Waals surface area contributed by atoms with Gasteiger partial charge in [0.2, 0.25) is 0 Å². The monoisotopic (exact) mass is 378 g/mol. The summed E-state index contributed by atoms with van der Waals surface area (Å²) in [6, 6.07) is 8.64. The maximum atomic E-state index is 15.6. The number of nitrogens with one attached hydrogen (secondary N) is 1. The minimum absolute atomic E-state index is 0.0732. The molecular formula is C20H27FN2O4. The van der Waals surface area contributed by atoms with Gasteiger partial charge in [-0.15, -0.1) is 0 Å². The minimum atomic E-state index is -1.65. The van der Waals surface area contributed by atoms with Crippen molar-refractivity contribution in [2.75, 3.05) is 13.1 Å². The van der Waals surface area contributed by atoms with E-state index in [0.29, 0.717) is 19.4 Å². The van der Waals surface area contributed by atoms with Gasteiger partial charge in [0.1, 0.15) is 12.2 Å². The number of carbonyl (C=O) groups excluding carboxylic acids is 2. The number of amides is 2. The lowest BCUT2D eigenvalue weighted by Gasteiger charge is -2.28. The van der Waals surface area contributed by atoms with Gasteiger partial charge in [0, 0.05) is 12.5 Å². The summed E-state index contributed by atoms with van der Waals surface area (Å²) in [5, 5.41) is 2.65. The van der Waals surface area contributed by atoms with E-state index in [1.165, 1.54) is 4.90 Å². The molecule has 1 aromatic carbocycles. The van der Waals surface area contributed by atoms with E-state index in [9.17, 15) is 9.59 Å². The lowest BCUT2D eigenvalue weighted by Crippen LogP contribution is -2.51. The molecule has 1 aliphatic heterocycles. The number of hydrogen-bond donors (Lipinski definition) is 1. The van der Waals surface area contributed by atoms with Crippen molar-refractivity contribution in [3.8, 4) is 0 Å². The topological polar surface area (TPSA) is 67.9 Å². The molecule has 1 saturated carbocycles. The number of rotatable bonds is 3. The number of carbonyl (C=O) groups is 2. The van der Waals surface area contributed by atoms with Crippen LogP contribution < -0.4 is 5.32 Å². The molecule has 0 spiro atoms. The summed E-state index contributed by atoms with van der Waals surface area (Å²) in [7, 11) is 0. The van der Waals surface area contributed by atoms with Crippen LogP contribution in [0.4, 0.5) is 14.0 Å². The second-order valence-electron chi connectivity index (χ2n) is 8.32. The summed E-state index contributed by atoms with van der Waals surface area (Å²) in [5.74, 6) is -0.301. The number of alkyl carbamates (subject to hydrolysis) is 1. The van der Waals surface area contributed by atoms with Crippen molar-refractivity contribution in [3.05, 3.63) is 35.9 Å². The van der Waals surface area contributed by atoms with E-state index in [4.69, 9.17) is 9.47 Å². The smallest absolute Gasteiger partial charge is 0.410 e. The second-order valence-corrected chi connectivity index (χ2v) is 8.32. The van der Waals surface area contributed by atoms with Crippen molar-refractivity contribution in [1.29, 1.82) is 0 Å². The molecule has 2 unspecified atom stereocenters. The molecule has 1 aromatic rings. The van der Waals surface area contributed by atoms with E-state index in [2.05, 4.69) is 5.32 Å². The molecule has 2 aliphatic rings.